The van der Waals surface area contributed by atoms with Gasteiger partial charge in [0.25, 0.3) is 6.71 Å². The van der Waals surface area contributed by atoms with Gasteiger partial charge in [-0.2, -0.15) is 0 Å². The average molecular weight is 607 g/mol. The molecule has 3 aromatic carbocycles. The van der Waals surface area contributed by atoms with E-state index in [9.17, 15) is 0 Å². The van der Waals surface area contributed by atoms with Crippen molar-refractivity contribution in [2.75, 3.05) is 9.80 Å². The van der Waals surface area contributed by atoms with Crippen LogP contribution in [0.1, 0.15) is 121 Å². The number of rotatable bonds is 0. The molecule has 4 aliphatic heterocycles. The fraction of sp³-hybridized carbons (Fsp3) is 0.581. The maximum Gasteiger partial charge on any atom is 0.252 e. The first-order chi connectivity index (χ1) is 22.2. The highest BCUT2D eigenvalue weighted by atomic mass is 15.3. The molecule has 2 nitrogen and oxygen atoms in total. The van der Waals surface area contributed by atoms with Crippen molar-refractivity contribution < 1.29 is 0 Å². The number of nitrogens with zero attached hydrogens (tertiary/aromatic N) is 2. The summed E-state index contributed by atoms with van der Waals surface area (Å²) >= 11 is 0. The van der Waals surface area contributed by atoms with Gasteiger partial charge in [0, 0.05) is 33.6 Å². The zero-order valence-corrected chi connectivity index (χ0v) is 28.9. The van der Waals surface area contributed by atoms with Gasteiger partial charge in [0.15, 0.2) is 0 Å². The molecular formula is C43H51BN2. The molecule has 8 atom stereocenters. The van der Waals surface area contributed by atoms with E-state index in [-0.39, 0.29) is 21.9 Å². The summed E-state index contributed by atoms with van der Waals surface area (Å²) in [5.41, 5.74) is 16.4. The molecule has 8 unspecified atom stereocenters. The van der Waals surface area contributed by atoms with Crippen LogP contribution in [0.2, 0.25) is 0 Å². The molecule has 0 aromatic heterocycles. The van der Waals surface area contributed by atoms with E-state index in [0.717, 1.165) is 23.7 Å². The van der Waals surface area contributed by atoms with Crippen LogP contribution in [-0.2, 0) is 10.8 Å². The van der Waals surface area contributed by atoms with E-state index in [0.29, 0.717) is 6.71 Å². The zero-order valence-electron chi connectivity index (χ0n) is 28.9. The van der Waals surface area contributed by atoms with Crippen LogP contribution in [0, 0.1) is 30.6 Å². The third-order valence-electron chi connectivity index (χ3n) is 16.9. The summed E-state index contributed by atoms with van der Waals surface area (Å²) in [5, 5.41) is 0. The lowest BCUT2D eigenvalue weighted by Gasteiger charge is -2.61. The van der Waals surface area contributed by atoms with Crippen LogP contribution in [0.5, 0.6) is 0 Å². The Morgan fingerprint density at radius 1 is 0.609 bits per heavy atom. The van der Waals surface area contributed by atoms with Gasteiger partial charge in [-0.3, -0.25) is 0 Å². The Morgan fingerprint density at radius 2 is 1.07 bits per heavy atom. The molecule has 3 heteroatoms. The van der Waals surface area contributed by atoms with Crippen LogP contribution in [0.4, 0.5) is 22.7 Å². The maximum atomic E-state index is 3.01. The van der Waals surface area contributed by atoms with Crippen LogP contribution in [0.15, 0.2) is 48.5 Å². The minimum atomic E-state index is 0.103. The Balaban J connectivity index is 1.23. The Morgan fingerprint density at radius 3 is 1.54 bits per heavy atom. The van der Waals surface area contributed by atoms with Gasteiger partial charge in [-0.05, 0) is 128 Å². The molecule has 4 saturated carbocycles. The van der Waals surface area contributed by atoms with Crippen molar-refractivity contribution in [2.45, 2.75) is 134 Å². The molecule has 0 N–H and O–H groups in total. The van der Waals surface area contributed by atoms with Gasteiger partial charge in [0.05, 0.1) is 11.1 Å². The van der Waals surface area contributed by atoms with Gasteiger partial charge < -0.3 is 9.80 Å². The van der Waals surface area contributed by atoms with Crippen molar-refractivity contribution in [3.05, 3.63) is 65.2 Å². The number of anilines is 4. The fourth-order valence-corrected chi connectivity index (χ4v) is 14.6. The zero-order chi connectivity index (χ0) is 31.0. The van der Waals surface area contributed by atoms with E-state index < -0.39 is 0 Å². The molecule has 4 aliphatic carbocycles. The standard InChI is InChI=1S/C43H51BN2/c1-26-24-35-37-36(25-26)46-39-32(41(3)23-21-28-13-7-9-15-30(28)43(41,46)5)17-11-19-34(39)44(37)33-18-10-16-31-38(33)45(35)42(4)29-14-8-6-12-27(29)20-22-40(31,42)2/h10-11,16-19,24-25,27-30H,6-9,12-15,20-23H2,1-5H3. The molecular weight excluding hydrogens is 555 g/mol. The number of fused-ring (bicyclic) bond motifs is 14. The SMILES string of the molecule is Cc1cc2c3c(c1)N1c4c(cccc4C4(C)CCC5CCCCC5C14C)B3c1cccc3c1N2C1(C)C2CCCCC2CCC31C. The Bertz CT molecular complexity index is 1730. The first kappa shape index (κ1) is 27.3. The van der Waals surface area contributed by atoms with E-state index in [2.05, 4.69) is 92.9 Å². The van der Waals surface area contributed by atoms with Crippen molar-refractivity contribution in [3.63, 3.8) is 0 Å². The first-order valence-electron chi connectivity index (χ1n) is 19.3. The molecule has 236 valence electrons. The van der Waals surface area contributed by atoms with Gasteiger partial charge in [-0.15, -0.1) is 0 Å². The quantitative estimate of drug-likeness (QED) is 0.236. The number of hydrogen-bond donors (Lipinski definition) is 0. The molecule has 0 radical (unpaired) electrons. The highest BCUT2D eigenvalue weighted by molar-refractivity contribution is 7.00. The van der Waals surface area contributed by atoms with Crippen molar-refractivity contribution >= 4 is 45.9 Å². The van der Waals surface area contributed by atoms with Crippen LogP contribution < -0.4 is 26.2 Å². The van der Waals surface area contributed by atoms with Gasteiger partial charge in [-0.1, -0.05) is 88.8 Å². The largest absolute Gasteiger partial charge is 0.335 e. The van der Waals surface area contributed by atoms with E-state index in [4.69, 9.17) is 0 Å². The fourth-order valence-electron chi connectivity index (χ4n) is 14.6. The molecule has 4 heterocycles. The van der Waals surface area contributed by atoms with Gasteiger partial charge >= 0.3 is 0 Å². The van der Waals surface area contributed by atoms with Crippen molar-refractivity contribution in [1.29, 1.82) is 0 Å². The highest BCUT2D eigenvalue weighted by Gasteiger charge is 2.69. The number of para-hydroxylation sites is 2. The Hall–Kier alpha value is -2.68. The highest BCUT2D eigenvalue weighted by Crippen LogP contribution is 2.69. The summed E-state index contributed by atoms with van der Waals surface area (Å²) in [6, 6.07) is 20.3. The topological polar surface area (TPSA) is 6.48 Å². The Labute approximate surface area is 277 Å². The van der Waals surface area contributed by atoms with Crippen LogP contribution in [-0.4, -0.2) is 17.8 Å². The van der Waals surface area contributed by atoms with E-state index >= 15 is 0 Å². The minimum absolute atomic E-state index is 0.103. The molecule has 0 saturated heterocycles. The van der Waals surface area contributed by atoms with E-state index in [1.807, 2.05) is 0 Å². The third kappa shape index (κ3) is 2.71. The third-order valence-corrected chi connectivity index (χ3v) is 16.9. The smallest absolute Gasteiger partial charge is 0.252 e. The summed E-state index contributed by atoms with van der Waals surface area (Å²) < 4.78 is 0. The second-order valence-electron chi connectivity index (χ2n) is 18.1. The lowest BCUT2D eigenvalue weighted by molar-refractivity contribution is 0.0334. The number of benzene rings is 3. The molecule has 4 fully saturated rings. The Kier molecular flexibility index (Phi) is 5.03. The van der Waals surface area contributed by atoms with Crippen LogP contribution >= 0.6 is 0 Å². The molecule has 11 rings (SSSR count). The summed E-state index contributed by atoms with van der Waals surface area (Å²) in [4.78, 5) is 6.03. The summed E-state index contributed by atoms with van der Waals surface area (Å²) in [5.74, 6) is 3.25. The maximum absolute atomic E-state index is 3.01. The van der Waals surface area contributed by atoms with Crippen molar-refractivity contribution in [2.24, 2.45) is 23.7 Å². The molecule has 46 heavy (non-hydrogen) atoms. The molecule has 8 aliphatic rings. The monoisotopic (exact) mass is 606 g/mol. The molecule has 0 spiro atoms. The van der Waals surface area contributed by atoms with Crippen molar-refractivity contribution in [3.8, 4) is 0 Å². The normalized spacial score (nSPS) is 40.3. The predicted molar refractivity (Wildman–Crippen MR) is 194 cm³/mol. The lowest BCUT2D eigenvalue weighted by atomic mass is 9.33. The van der Waals surface area contributed by atoms with Crippen LogP contribution in [0.3, 0.4) is 0 Å². The van der Waals surface area contributed by atoms with Gasteiger partial charge in [-0.25, -0.2) is 0 Å². The minimum Gasteiger partial charge on any atom is -0.335 e. The first-order valence-corrected chi connectivity index (χ1v) is 19.3. The molecule has 0 bridgehead atoms. The summed E-state index contributed by atoms with van der Waals surface area (Å²) in [6.45, 7) is 13.5. The average Bonchev–Trinajstić information content (AvgIpc) is 3.42. The van der Waals surface area contributed by atoms with E-state index in [1.54, 1.807) is 50.3 Å². The summed E-state index contributed by atoms with van der Waals surface area (Å²) in [7, 11) is 0. The van der Waals surface area contributed by atoms with Crippen LogP contribution in [0.25, 0.3) is 0 Å². The number of aryl methyl sites for hydroxylation is 1. The van der Waals surface area contributed by atoms with Crippen molar-refractivity contribution in [1.82, 2.24) is 0 Å². The summed E-state index contributed by atoms with van der Waals surface area (Å²) in [6.07, 6.45) is 16.8. The second-order valence-corrected chi connectivity index (χ2v) is 18.1. The lowest BCUT2D eigenvalue weighted by Crippen LogP contribution is -2.69. The second kappa shape index (κ2) is 8.48. The molecule has 3 aromatic rings. The predicted octanol–water partition coefficient (Wildman–Crippen LogP) is 8.67. The van der Waals surface area contributed by atoms with E-state index in [1.165, 1.54) is 82.6 Å². The van der Waals surface area contributed by atoms with Gasteiger partial charge in [0.2, 0.25) is 0 Å². The van der Waals surface area contributed by atoms with Gasteiger partial charge in [0.1, 0.15) is 0 Å². The molecule has 0 amide bonds. The number of hydrogen-bond acceptors (Lipinski definition) is 2.